The van der Waals surface area contributed by atoms with Gasteiger partial charge in [-0.1, -0.05) is 38.1 Å². The lowest BCUT2D eigenvalue weighted by molar-refractivity contribution is 0.0989. The lowest BCUT2D eigenvalue weighted by Crippen LogP contribution is -2.35. The van der Waals surface area contributed by atoms with Crippen LogP contribution in [0.2, 0.25) is 0 Å². The lowest BCUT2D eigenvalue weighted by atomic mass is 10.0. The van der Waals surface area contributed by atoms with Crippen molar-refractivity contribution in [3.63, 3.8) is 0 Å². The highest BCUT2D eigenvalue weighted by Gasteiger charge is 2.31. The zero-order valence-corrected chi connectivity index (χ0v) is 10.6. The Labute approximate surface area is 98.0 Å². The third kappa shape index (κ3) is 2.45. The molecule has 2 rings (SSSR count). The first-order valence-electron chi connectivity index (χ1n) is 5.97. The van der Waals surface area contributed by atoms with Crippen LogP contribution in [0.15, 0.2) is 24.3 Å². The van der Waals surface area contributed by atoms with Gasteiger partial charge in [0.05, 0.1) is 6.61 Å². The molecule has 1 N–H and O–H groups in total. The molecule has 0 saturated carbocycles. The van der Waals surface area contributed by atoms with Crippen LogP contribution in [0, 0.1) is 0 Å². The number of ether oxygens (including phenoxy) is 1. The molecular weight excluding hydrogens is 198 g/mol. The summed E-state index contributed by atoms with van der Waals surface area (Å²) in [6.07, 6.45) is 0.0520. The highest BCUT2D eigenvalue weighted by molar-refractivity contribution is 5.26. The van der Waals surface area contributed by atoms with Crippen LogP contribution in [0.4, 0.5) is 0 Å². The third-order valence-electron chi connectivity index (χ3n) is 3.04. The molecule has 88 valence electrons. The Balaban J connectivity index is 2.11. The molecule has 1 aliphatic heterocycles. The minimum absolute atomic E-state index is 0.0520. The van der Waals surface area contributed by atoms with Crippen molar-refractivity contribution in [2.24, 2.45) is 0 Å². The fraction of sp³-hybridized carbons (Fsp3) is 0.571. The summed E-state index contributed by atoms with van der Waals surface area (Å²) in [5.74, 6) is 0.586. The second-order valence-electron chi connectivity index (χ2n) is 5.54. The summed E-state index contributed by atoms with van der Waals surface area (Å²) < 4.78 is 5.74. The summed E-state index contributed by atoms with van der Waals surface area (Å²) >= 11 is 0. The Bertz CT molecular complexity index is 354. The summed E-state index contributed by atoms with van der Waals surface area (Å²) in [7, 11) is 0. The van der Waals surface area contributed by atoms with E-state index in [1.54, 1.807) is 0 Å². The van der Waals surface area contributed by atoms with E-state index in [4.69, 9.17) is 4.74 Å². The van der Waals surface area contributed by atoms with Crippen molar-refractivity contribution in [1.29, 1.82) is 0 Å². The molecular formula is C14H21NO. The van der Waals surface area contributed by atoms with Crippen LogP contribution in [0.25, 0.3) is 0 Å². The first kappa shape index (κ1) is 11.6. The number of nitrogens with one attached hydrogen (secondary N) is 1. The molecule has 2 nitrogen and oxygen atoms in total. The predicted molar refractivity (Wildman–Crippen MR) is 66.4 cm³/mol. The normalized spacial score (nSPS) is 23.9. The Hall–Kier alpha value is -0.860. The van der Waals surface area contributed by atoms with Gasteiger partial charge >= 0.3 is 0 Å². The van der Waals surface area contributed by atoms with Gasteiger partial charge < -0.3 is 4.74 Å². The van der Waals surface area contributed by atoms with Gasteiger partial charge in [-0.15, -0.1) is 0 Å². The van der Waals surface area contributed by atoms with Crippen molar-refractivity contribution in [1.82, 2.24) is 5.32 Å². The summed E-state index contributed by atoms with van der Waals surface area (Å²) in [5.41, 5.74) is 2.68. The molecule has 1 atom stereocenters. The quantitative estimate of drug-likeness (QED) is 0.824. The molecule has 0 aliphatic carbocycles. The van der Waals surface area contributed by atoms with Crippen molar-refractivity contribution in [2.45, 2.75) is 45.4 Å². The van der Waals surface area contributed by atoms with Gasteiger partial charge in [-0.3, -0.25) is 5.32 Å². The van der Waals surface area contributed by atoms with Gasteiger partial charge in [0.25, 0.3) is 0 Å². The molecule has 1 unspecified atom stereocenters. The van der Waals surface area contributed by atoms with Gasteiger partial charge in [-0.25, -0.2) is 0 Å². The van der Waals surface area contributed by atoms with Gasteiger partial charge in [0.15, 0.2) is 0 Å². The number of hydrogen-bond donors (Lipinski definition) is 1. The number of benzene rings is 1. The molecule has 1 aromatic rings. The van der Waals surface area contributed by atoms with Gasteiger partial charge in [-0.2, -0.15) is 0 Å². The van der Waals surface area contributed by atoms with Crippen LogP contribution in [0.5, 0.6) is 0 Å². The summed E-state index contributed by atoms with van der Waals surface area (Å²) in [6.45, 7) is 9.51. The van der Waals surface area contributed by atoms with Crippen LogP contribution in [0.3, 0.4) is 0 Å². The fourth-order valence-corrected chi connectivity index (χ4v) is 1.97. The third-order valence-corrected chi connectivity index (χ3v) is 3.04. The molecule has 0 bridgehead atoms. The van der Waals surface area contributed by atoms with E-state index in [1.807, 2.05) is 0 Å². The average molecular weight is 219 g/mol. The van der Waals surface area contributed by atoms with Crippen molar-refractivity contribution in [3.8, 4) is 0 Å². The topological polar surface area (TPSA) is 21.3 Å². The smallest absolute Gasteiger partial charge is 0.134 e. The number of rotatable bonds is 2. The van der Waals surface area contributed by atoms with Crippen molar-refractivity contribution < 1.29 is 4.74 Å². The lowest BCUT2D eigenvalue weighted by Gasteiger charge is -2.17. The molecule has 1 saturated heterocycles. The fourth-order valence-electron chi connectivity index (χ4n) is 1.97. The first-order chi connectivity index (χ1) is 7.48. The predicted octanol–water partition coefficient (Wildman–Crippen LogP) is 3.21. The number of hydrogen-bond acceptors (Lipinski definition) is 2. The van der Waals surface area contributed by atoms with Crippen LogP contribution in [0.1, 0.15) is 51.0 Å². The molecule has 16 heavy (non-hydrogen) atoms. The average Bonchev–Trinajstić information content (AvgIpc) is 2.59. The summed E-state index contributed by atoms with van der Waals surface area (Å²) in [5, 5.41) is 3.47. The maximum Gasteiger partial charge on any atom is 0.134 e. The SMILES string of the molecule is CC(C)c1ccc(C2NC(C)(C)CO2)cc1. The Morgan fingerprint density at radius 1 is 1.25 bits per heavy atom. The van der Waals surface area contributed by atoms with Crippen molar-refractivity contribution in [3.05, 3.63) is 35.4 Å². The molecule has 1 heterocycles. The van der Waals surface area contributed by atoms with E-state index in [0.29, 0.717) is 5.92 Å². The molecule has 1 aromatic carbocycles. The van der Waals surface area contributed by atoms with E-state index in [2.05, 4.69) is 57.3 Å². The molecule has 0 radical (unpaired) electrons. The molecule has 0 spiro atoms. The van der Waals surface area contributed by atoms with E-state index in [-0.39, 0.29) is 11.8 Å². The monoisotopic (exact) mass is 219 g/mol. The maximum absolute atomic E-state index is 5.74. The second kappa shape index (κ2) is 4.19. The highest BCUT2D eigenvalue weighted by Crippen LogP contribution is 2.26. The summed E-state index contributed by atoms with van der Waals surface area (Å²) in [4.78, 5) is 0. The molecule has 1 fully saturated rings. The minimum atomic E-state index is 0.0520. The van der Waals surface area contributed by atoms with E-state index in [0.717, 1.165) is 6.61 Å². The van der Waals surface area contributed by atoms with Crippen LogP contribution in [-0.2, 0) is 4.74 Å². The summed E-state index contributed by atoms with van der Waals surface area (Å²) in [6, 6.07) is 8.70. The van der Waals surface area contributed by atoms with Gasteiger partial charge in [0.1, 0.15) is 6.23 Å². The molecule has 0 amide bonds. The van der Waals surface area contributed by atoms with Gasteiger partial charge in [0, 0.05) is 5.54 Å². The van der Waals surface area contributed by atoms with Gasteiger partial charge in [-0.05, 0) is 30.9 Å². The van der Waals surface area contributed by atoms with E-state index >= 15 is 0 Å². The van der Waals surface area contributed by atoms with Crippen LogP contribution in [-0.4, -0.2) is 12.1 Å². The second-order valence-corrected chi connectivity index (χ2v) is 5.54. The van der Waals surface area contributed by atoms with Crippen molar-refractivity contribution in [2.75, 3.05) is 6.61 Å². The Morgan fingerprint density at radius 3 is 2.31 bits per heavy atom. The Morgan fingerprint density at radius 2 is 1.88 bits per heavy atom. The largest absolute Gasteiger partial charge is 0.357 e. The first-order valence-corrected chi connectivity index (χ1v) is 5.97. The molecule has 1 aliphatic rings. The van der Waals surface area contributed by atoms with E-state index in [1.165, 1.54) is 11.1 Å². The zero-order chi connectivity index (χ0) is 11.8. The maximum atomic E-state index is 5.74. The van der Waals surface area contributed by atoms with Crippen molar-refractivity contribution >= 4 is 0 Å². The van der Waals surface area contributed by atoms with Crippen LogP contribution >= 0.6 is 0 Å². The molecule has 0 aromatic heterocycles. The van der Waals surface area contributed by atoms with E-state index < -0.39 is 0 Å². The molecule has 2 heteroatoms. The minimum Gasteiger partial charge on any atom is -0.357 e. The van der Waals surface area contributed by atoms with Gasteiger partial charge in [0.2, 0.25) is 0 Å². The van der Waals surface area contributed by atoms with Crippen LogP contribution < -0.4 is 5.32 Å². The highest BCUT2D eigenvalue weighted by atomic mass is 16.5. The zero-order valence-electron chi connectivity index (χ0n) is 10.6. The Kier molecular flexibility index (Phi) is 3.04. The van der Waals surface area contributed by atoms with E-state index in [9.17, 15) is 0 Å². The standard InChI is InChI=1S/C14H21NO/c1-10(2)11-5-7-12(8-6-11)13-15-14(3,4)9-16-13/h5-8,10,13,15H,9H2,1-4H3.